The van der Waals surface area contributed by atoms with Crippen molar-refractivity contribution in [3.8, 4) is 11.3 Å². The molecule has 7 heteroatoms. The van der Waals surface area contributed by atoms with Gasteiger partial charge in [-0.1, -0.05) is 42.8 Å². The Morgan fingerprint density at radius 2 is 1.68 bits per heavy atom. The number of benzene rings is 2. The number of carbonyl (C=O) groups excluding carboxylic acids is 1. The Kier molecular flexibility index (Phi) is 6.15. The summed E-state index contributed by atoms with van der Waals surface area (Å²) in [6.45, 7) is 2.87. The van der Waals surface area contributed by atoms with Crippen molar-refractivity contribution in [2.45, 2.75) is 31.1 Å². The van der Waals surface area contributed by atoms with Gasteiger partial charge in [0, 0.05) is 24.3 Å². The number of nitrogens with one attached hydrogen (secondary N) is 1. The second-order valence-corrected chi connectivity index (χ2v) is 9.58. The summed E-state index contributed by atoms with van der Waals surface area (Å²) in [4.78, 5) is 17.6. The fourth-order valence-corrected chi connectivity index (χ4v) is 5.32. The number of aryl methyl sites for hydroxylation is 1. The Bertz CT molecular complexity index is 1190. The minimum atomic E-state index is -3.56. The number of piperidine rings is 1. The topological polar surface area (TPSA) is 79.4 Å². The molecule has 1 saturated heterocycles. The molecule has 0 atom stereocenters. The molecule has 0 radical (unpaired) electrons. The zero-order chi connectivity index (χ0) is 21.8. The van der Waals surface area contributed by atoms with E-state index in [9.17, 15) is 13.2 Å². The summed E-state index contributed by atoms with van der Waals surface area (Å²) < 4.78 is 27.4. The van der Waals surface area contributed by atoms with Crippen molar-refractivity contribution < 1.29 is 13.2 Å². The minimum Gasteiger partial charge on any atom is -0.322 e. The maximum atomic E-state index is 12.9. The van der Waals surface area contributed by atoms with E-state index >= 15 is 0 Å². The van der Waals surface area contributed by atoms with Gasteiger partial charge in [-0.3, -0.25) is 9.78 Å². The molecule has 1 aliphatic rings. The number of rotatable bonds is 5. The first-order valence-electron chi connectivity index (χ1n) is 10.4. The molecule has 1 aliphatic heterocycles. The Morgan fingerprint density at radius 3 is 2.39 bits per heavy atom. The number of aromatic nitrogens is 1. The highest BCUT2D eigenvalue weighted by molar-refractivity contribution is 7.89. The minimum absolute atomic E-state index is 0.196. The molecule has 160 valence electrons. The second-order valence-electron chi connectivity index (χ2n) is 7.64. The Hall–Kier alpha value is -3.03. The molecular weight excluding hydrogens is 410 g/mol. The van der Waals surface area contributed by atoms with E-state index in [1.165, 1.54) is 10.4 Å². The van der Waals surface area contributed by atoms with E-state index in [0.29, 0.717) is 30.0 Å². The Balaban J connectivity index is 1.53. The first-order chi connectivity index (χ1) is 14.9. The van der Waals surface area contributed by atoms with Crippen LogP contribution in [0.4, 0.5) is 5.69 Å². The van der Waals surface area contributed by atoms with Crippen LogP contribution in [0.25, 0.3) is 11.3 Å². The van der Waals surface area contributed by atoms with Gasteiger partial charge in [0.25, 0.3) is 5.91 Å². The summed E-state index contributed by atoms with van der Waals surface area (Å²) in [5, 5.41) is 2.81. The van der Waals surface area contributed by atoms with Crippen molar-refractivity contribution in [2.24, 2.45) is 0 Å². The van der Waals surface area contributed by atoms with Gasteiger partial charge in [-0.2, -0.15) is 4.31 Å². The average Bonchev–Trinajstić information content (AvgIpc) is 2.80. The molecule has 0 saturated carbocycles. The Morgan fingerprint density at radius 1 is 0.935 bits per heavy atom. The summed E-state index contributed by atoms with van der Waals surface area (Å²) in [5.74, 6) is -0.322. The first kappa shape index (κ1) is 21.2. The molecule has 1 N–H and O–H groups in total. The van der Waals surface area contributed by atoms with Crippen LogP contribution in [0.5, 0.6) is 0 Å². The van der Waals surface area contributed by atoms with Gasteiger partial charge in [-0.25, -0.2) is 8.42 Å². The van der Waals surface area contributed by atoms with Crippen molar-refractivity contribution in [1.29, 1.82) is 0 Å². The van der Waals surface area contributed by atoms with Crippen LogP contribution in [0.2, 0.25) is 0 Å². The van der Waals surface area contributed by atoms with E-state index in [1.807, 2.05) is 36.4 Å². The van der Waals surface area contributed by atoms with E-state index in [2.05, 4.69) is 10.3 Å². The summed E-state index contributed by atoms with van der Waals surface area (Å²) in [6.07, 6.45) is 2.81. The van der Waals surface area contributed by atoms with Crippen LogP contribution in [0.1, 0.15) is 35.3 Å². The van der Waals surface area contributed by atoms with Gasteiger partial charge in [-0.15, -0.1) is 0 Å². The van der Waals surface area contributed by atoms with Crippen molar-refractivity contribution in [1.82, 2.24) is 9.29 Å². The molecule has 1 fully saturated rings. The first-order valence-corrected chi connectivity index (χ1v) is 11.8. The van der Waals surface area contributed by atoms with Crippen molar-refractivity contribution >= 4 is 21.6 Å². The third kappa shape index (κ3) is 4.68. The normalized spacial score (nSPS) is 14.9. The molecule has 1 aromatic heterocycles. The summed E-state index contributed by atoms with van der Waals surface area (Å²) in [5.41, 5.74) is 3.27. The third-order valence-electron chi connectivity index (χ3n) is 5.44. The molecule has 31 heavy (non-hydrogen) atoms. The number of carbonyl (C=O) groups is 1. The van der Waals surface area contributed by atoms with Crippen LogP contribution >= 0.6 is 0 Å². The lowest BCUT2D eigenvalue weighted by molar-refractivity contribution is 0.102. The maximum Gasteiger partial charge on any atom is 0.257 e. The van der Waals surface area contributed by atoms with Gasteiger partial charge in [0.2, 0.25) is 10.0 Å². The van der Waals surface area contributed by atoms with E-state index in [-0.39, 0.29) is 10.8 Å². The van der Waals surface area contributed by atoms with Crippen LogP contribution in [0, 0.1) is 6.92 Å². The highest BCUT2D eigenvalue weighted by atomic mass is 32.2. The van der Waals surface area contributed by atoms with Crippen molar-refractivity contribution in [3.05, 3.63) is 78.0 Å². The number of pyridine rings is 1. The van der Waals surface area contributed by atoms with Gasteiger partial charge in [0.05, 0.1) is 21.8 Å². The third-order valence-corrected chi connectivity index (χ3v) is 7.34. The molecule has 0 bridgehead atoms. The molecule has 2 aromatic carbocycles. The molecule has 4 rings (SSSR count). The van der Waals surface area contributed by atoms with E-state index in [1.54, 1.807) is 31.2 Å². The number of sulfonamides is 1. The smallest absolute Gasteiger partial charge is 0.257 e. The largest absolute Gasteiger partial charge is 0.322 e. The average molecular weight is 436 g/mol. The second kappa shape index (κ2) is 8.99. The van der Waals surface area contributed by atoms with Gasteiger partial charge in [0.1, 0.15) is 0 Å². The molecule has 0 aliphatic carbocycles. The molecule has 0 spiro atoms. The highest BCUT2D eigenvalue weighted by Crippen LogP contribution is 2.24. The lowest BCUT2D eigenvalue weighted by Crippen LogP contribution is -2.35. The van der Waals surface area contributed by atoms with Gasteiger partial charge < -0.3 is 5.32 Å². The summed E-state index contributed by atoms with van der Waals surface area (Å²) >= 11 is 0. The lowest BCUT2D eigenvalue weighted by Gasteiger charge is -2.26. The van der Waals surface area contributed by atoms with Crippen LogP contribution in [-0.4, -0.2) is 36.7 Å². The number of hydrogen-bond donors (Lipinski definition) is 1. The standard InChI is InChI=1S/C24H25N3O3S/c1-18-22(13-14-23(25-18)19-9-4-2-5-10-19)24(28)26-20-11-8-12-21(17-20)31(29,30)27-15-6-3-7-16-27/h2,4-5,8-14,17H,3,6-7,15-16H2,1H3,(H,26,28). The maximum absolute atomic E-state index is 12.9. The molecule has 3 aromatic rings. The summed E-state index contributed by atoms with van der Waals surface area (Å²) in [7, 11) is -3.56. The van der Waals surface area contributed by atoms with Crippen LogP contribution in [-0.2, 0) is 10.0 Å². The molecule has 6 nitrogen and oxygen atoms in total. The van der Waals surface area contributed by atoms with Gasteiger partial charge in [0.15, 0.2) is 0 Å². The molecule has 1 amide bonds. The van der Waals surface area contributed by atoms with Crippen molar-refractivity contribution in [3.63, 3.8) is 0 Å². The zero-order valence-electron chi connectivity index (χ0n) is 17.4. The van der Waals surface area contributed by atoms with E-state index in [0.717, 1.165) is 30.5 Å². The van der Waals surface area contributed by atoms with E-state index in [4.69, 9.17) is 0 Å². The quantitative estimate of drug-likeness (QED) is 0.641. The highest BCUT2D eigenvalue weighted by Gasteiger charge is 2.26. The Labute approximate surface area is 183 Å². The number of nitrogens with zero attached hydrogens (tertiary/aromatic N) is 2. The van der Waals surface area contributed by atoms with Gasteiger partial charge in [-0.05, 0) is 50.1 Å². The predicted octanol–water partition coefficient (Wildman–Crippen LogP) is 4.48. The molecule has 2 heterocycles. The number of amides is 1. The molecular formula is C24H25N3O3S. The summed E-state index contributed by atoms with van der Waals surface area (Å²) in [6, 6.07) is 19.7. The van der Waals surface area contributed by atoms with E-state index < -0.39 is 10.0 Å². The fourth-order valence-electron chi connectivity index (χ4n) is 3.76. The predicted molar refractivity (Wildman–Crippen MR) is 121 cm³/mol. The van der Waals surface area contributed by atoms with Gasteiger partial charge >= 0.3 is 0 Å². The van der Waals surface area contributed by atoms with Crippen LogP contribution in [0.3, 0.4) is 0 Å². The van der Waals surface area contributed by atoms with Crippen molar-refractivity contribution in [2.75, 3.05) is 18.4 Å². The fraction of sp³-hybridized carbons (Fsp3) is 0.250. The lowest BCUT2D eigenvalue weighted by atomic mass is 10.1. The van der Waals surface area contributed by atoms with Crippen LogP contribution in [0.15, 0.2) is 71.6 Å². The molecule has 0 unspecified atom stereocenters. The zero-order valence-corrected chi connectivity index (χ0v) is 18.2. The number of anilines is 1. The SMILES string of the molecule is Cc1nc(-c2ccccc2)ccc1C(=O)Nc1cccc(S(=O)(=O)N2CCCCC2)c1. The number of hydrogen-bond acceptors (Lipinski definition) is 4. The van der Waals surface area contributed by atoms with Crippen LogP contribution < -0.4 is 5.32 Å². The monoisotopic (exact) mass is 435 g/mol.